The van der Waals surface area contributed by atoms with Gasteiger partial charge < -0.3 is 9.76 Å². The Hall–Kier alpha value is -0.475. The number of rotatable bonds is 2. The van der Waals surface area contributed by atoms with Gasteiger partial charge in [-0.3, -0.25) is 0 Å². The van der Waals surface area contributed by atoms with E-state index in [-0.39, 0.29) is 0 Å². The minimum absolute atomic E-state index is 0.655. The van der Waals surface area contributed by atoms with Gasteiger partial charge in [-0.1, -0.05) is 22.0 Å². The van der Waals surface area contributed by atoms with E-state index < -0.39 is 0 Å². The minimum atomic E-state index is 0.655. The highest BCUT2D eigenvalue weighted by Crippen LogP contribution is 2.14. The molecule has 0 fully saturated rings. The van der Waals surface area contributed by atoms with Crippen molar-refractivity contribution in [1.82, 2.24) is 0 Å². The number of benzene rings is 1. The lowest BCUT2D eigenvalue weighted by atomic mass is 9.88. The Morgan fingerprint density at radius 2 is 2.27 bits per heavy atom. The van der Waals surface area contributed by atoms with E-state index in [4.69, 9.17) is 9.76 Å². The van der Waals surface area contributed by atoms with Crippen LogP contribution in [0.2, 0.25) is 0 Å². The smallest absolute Gasteiger partial charge is 0.330 e. The molecule has 0 spiro atoms. The van der Waals surface area contributed by atoms with Gasteiger partial charge in [-0.2, -0.15) is 0 Å². The summed E-state index contributed by atoms with van der Waals surface area (Å²) in [6.07, 6.45) is 0. The topological polar surface area (TPSA) is 29.5 Å². The maximum Gasteiger partial charge on any atom is 0.330 e. The number of hydrogen-bond donors (Lipinski definition) is 1. The van der Waals surface area contributed by atoms with Crippen LogP contribution in [0.15, 0.2) is 22.7 Å². The summed E-state index contributed by atoms with van der Waals surface area (Å²) in [6.45, 7) is 0. The van der Waals surface area contributed by atoms with Crippen molar-refractivity contribution in [3.05, 3.63) is 22.7 Å². The Bertz CT molecular complexity index is 252. The SMILES string of the molecule is COc1cc(Br)ccc1[B]O. The fourth-order valence-corrected chi connectivity index (χ4v) is 1.13. The number of hydrogen-bond acceptors (Lipinski definition) is 2. The summed E-state index contributed by atoms with van der Waals surface area (Å²) in [5, 5.41) is 8.72. The van der Waals surface area contributed by atoms with Crippen molar-refractivity contribution in [3.63, 3.8) is 0 Å². The van der Waals surface area contributed by atoms with Gasteiger partial charge in [-0.05, 0) is 17.6 Å². The molecule has 0 aliphatic rings. The van der Waals surface area contributed by atoms with Crippen LogP contribution in [-0.2, 0) is 0 Å². The number of halogens is 1. The van der Waals surface area contributed by atoms with Gasteiger partial charge in [0.1, 0.15) is 5.75 Å². The average Bonchev–Trinajstić information content (AvgIpc) is 2.04. The second kappa shape index (κ2) is 3.78. The summed E-state index contributed by atoms with van der Waals surface area (Å²) in [6, 6.07) is 5.40. The normalized spacial score (nSPS) is 9.36. The number of ether oxygens (including phenoxy) is 1. The minimum Gasteiger partial charge on any atom is -0.497 e. The average molecular weight is 214 g/mol. The summed E-state index contributed by atoms with van der Waals surface area (Å²) in [4.78, 5) is 0. The highest BCUT2D eigenvalue weighted by atomic mass is 79.9. The molecule has 11 heavy (non-hydrogen) atoms. The van der Waals surface area contributed by atoms with E-state index >= 15 is 0 Å². The van der Waals surface area contributed by atoms with E-state index in [9.17, 15) is 0 Å². The van der Waals surface area contributed by atoms with E-state index in [1.807, 2.05) is 6.07 Å². The van der Waals surface area contributed by atoms with Crippen LogP contribution in [0.3, 0.4) is 0 Å². The third-order valence-corrected chi connectivity index (χ3v) is 1.83. The van der Waals surface area contributed by atoms with E-state index in [2.05, 4.69) is 15.9 Å². The standard InChI is InChI=1S/C7H7BBrO2/c1-11-7-4-5(9)2-3-6(7)8-10/h2-4,10H,1H3. The summed E-state index contributed by atoms with van der Waals surface area (Å²) in [5.74, 6) is 0.655. The molecular formula is C7H7BBrO2. The summed E-state index contributed by atoms with van der Waals surface area (Å²) < 4.78 is 5.93. The summed E-state index contributed by atoms with van der Waals surface area (Å²) >= 11 is 3.29. The van der Waals surface area contributed by atoms with Crippen molar-refractivity contribution < 1.29 is 9.76 Å². The van der Waals surface area contributed by atoms with Gasteiger partial charge in [0.05, 0.1) is 7.11 Å². The molecule has 0 unspecified atom stereocenters. The maximum absolute atomic E-state index is 8.72. The van der Waals surface area contributed by atoms with Gasteiger partial charge in [0.2, 0.25) is 0 Å². The molecule has 0 aliphatic carbocycles. The molecule has 1 rings (SSSR count). The van der Waals surface area contributed by atoms with Crippen LogP contribution in [-0.4, -0.2) is 19.6 Å². The van der Waals surface area contributed by atoms with Gasteiger partial charge in [0.25, 0.3) is 0 Å². The second-order valence-corrected chi connectivity index (χ2v) is 2.93. The first-order chi connectivity index (χ1) is 5.27. The van der Waals surface area contributed by atoms with Gasteiger partial charge in [-0.25, -0.2) is 0 Å². The molecule has 0 heterocycles. The zero-order valence-electron chi connectivity index (χ0n) is 6.04. The summed E-state index contributed by atoms with van der Waals surface area (Å²) in [7, 11) is 2.58. The monoisotopic (exact) mass is 213 g/mol. The fraction of sp³-hybridized carbons (Fsp3) is 0.143. The molecule has 0 saturated heterocycles. The van der Waals surface area contributed by atoms with E-state index in [0.29, 0.717) is 11.2 Å². The first-order valence-corrected chi connectivity index (χ1v) is 3.88. The Kier molecular flexibility index (Phi) is 2.97. The van der Waals surface area contributed by atoms with Crippen molar-refractivity contribution in [3.8, 4) is 5.75 Å². The summed E-state index contributed by atoms with van der Waals surface area (Å²) in [5.41, 5.74) is 0.677. The lowest BCUT2D eigenvalue weighted by molar-refractivity contribution is 0.417. The fourth-order valence-electron chi connectivity index (χ4n) is 0.792. The first kappa shape index (κ1) is 8.62. The first-order valence-electron chi connectivity index (χ1n) is 3.09. The highest BCUT2D eigenvalue weighted by Gasteiger charge is 2.02. The molecular weight excluding hydrogens is 207 g/mol. The largest absolute Gasteiger partial charge is 0.497 e. The van der Waals surface area contributed by atoms with Crippen molar-refractivity contribution in [2.45, 2.75) is 0 Å². The lowest BCUT2D eigenvalue weighted by Crippen LogP contribution is -2.15. The van der Waals surface area contributed by atoms with Gasteiger partial charge in [0.15, 0.2) is 0 Å². The van der Waals surface area contributed by atoms with Crippen LogP contribution in [0.1, 0.15) is 0 Å². The zero-order chi connectivity index (χ0) is 8.27. The predicted molar refractivity (Wildman–Crippen MR) is 48.3 cm³/mol. The molecule has 1 aromatic carbocycles. The van der Waals surface area contributed by atoms with E-state index in [0.717, 1.165) is 12.0 Å². The van der Waals surface area contributed by atoms with Crippen molar-refractivity contribution >= 4 is 28.9 Å². The van der Waals surface area contributed by atoms with Crippen LogP contribution < -0.4 is 10.2 Å². The number of methoxy groups -OCH3 is 1. The van der Waals surface area contributed by atoms with E-state index in [1.165, 1.54) is 0 Å². The molecule has 2 nitrogen and oxygen atoms in total. The van der Waals surface area contributed by atoms with Crippen molar-refractivity contribution in [1.29, 1.82) is 0 Å². The van der Waals surface area contributed by atoms with E-state index in [1.54, 1.807) is 19.2 Å². The van der Waals surface area contributed by atoms with Crippen LogP contribution in [0, 0.1) is 0 Å². The molecule has 1 radical (unpaired) electrons. The van der Waals surface area contributed by atoms with Crippen molar-refractivity contribution in [2.75, 3.05) is 7.11 Å². The predicted octanol–water partition coefficient (Wildman–Crippen LogP) is 0.694. The van der Waals surface area contributed by atoms with Gasteiger partial charge in [0, 0.05) is 4.47 Å². The molecule has 0 aromatic heterocycles. The quantitative estimate of drug-likeness (QED) is 0.733. The third-order valence-electron chi connectivity index (χ3n) is 1.33. The molecule has 0 saturated carbocycles. The van der Waals surface area contributed by atoms with Crippen LogP contribution in [0.25, 0.3) is 0 Å². The maximum atomic E-state index is 8.72. The van der Waals surface area contributed by atoms with Gasteiger partial charge in [-0.15, -0.1) is 0 Å². The Morgan fingerprint density at radius 1 is 1.55 bits per heavy atom. The molecule has 4 heteroatoms. The molecule has 1 aromatic rings. The molecule has 0 atom stereocenters. The molecule has 57 valence electrons. The Balaban J connectivity index is 3.06. The molecule has 0 aliphatic heterocycles. The van der Waals surface area contributed by atoms with Crippen molar-refractivity contribution in [2.24, 2.45) is 0 Å². The third kappa shape index (κ3) is 1.98. The molecule has 0 bridgehead atoms. The van der Waals surface area contributed by atoms with Crippen LogP contribution in [0.4, 0.5) is 0 Å². The Morgan fingerprint density at radius 3 is 2.82 bits per heavy atom. The van der Waals surface area contributed by atoms with Gasteiger partial charge >= 0.3 is 7.48 Å². The molecule has 1 N–H and O–H groups in total. The molecule has 0 amide bonds. The lowest BCUT2D eigenvalue weighted by Gasteiger charge is -2.04. The van der Waals surface area contributed by atoms with Crippen LogP contribution >= 0.6 is 15.9 Å². The van der Waals surface area contributed by atoms with Crippen LogP contribution in [0.5, 0.6) is 5.75 Å². The second-order valence-electron chi connectivity index (χ2n) is 2.02. The Labute approximate surface area is 74.6 Å². The zero-order valence-corrected chi connectivity index (χ0v) is 7.63. The highest BCUT2D eigenvalue weighted by molar-refractivity contribution is 9.10.